The van der Waals surface area contributed by atoms with E-state index in [1.54, 1.807) is 6.08 Å². The molecule has 73 heavy (non-hydrogen) atoms. The number of aliphatic hydroxyl groups is 1. The minimum Gasteiger partial charge on any atom is -0.504 e. The highest BCUT2D eigenvalue weighted by molar-refractivity contribution is 6.06. The zero-order valence-electron chi connectivity index (χ0n) is 47.5. The summed E-state index contributed by atoms with van der Waals surface area (Å²) >= 11 is 0. The highest BCUT2D eigenvalue weighted by Gasteiger charge is 2.69. The lowest BCUT2D eigenvalue weighted by molar-refractivity contribution is -0.200. The zero-order chi connectivity index (χ0) is 52.3. The number of hydrogen-bond donors (Lipinski definition) is 3. The molecule has 0 aromatic heterocycles. The van der Waals surface area contributed by atoms with E-state index in [0.717, 1.165) is 99.1 Å². The van der Waals surface area contributed by atoms with Crippen molar-refractivity contribution in [3.05, 3.63) is 75.1 Å². The summed E-state index contributed by atoms with van der Waals surface area (Å²) < 4.78 is 0. The third-order valence-electron chi connectivity index (χ3n) is 25.9. The highest BCUT2D eigenvalue weighted by atomic mass is 16.3. The molecule has 0 radical (unpaired) electrons. The maximum absolute atomic E-state index is 13.8. The Morgan fingerprint density at radius 3 is 1.97 bits per heavy atom. The SMILES string of the molecule is CC1=C(O)C(=O)C=C2C1=CC=C1[C@@]2(C)CC[C@@]2(C)[C@@H]3C[C@](C)(C(=O)N4CCCC4)CC[C@]3(C)CC[C@]12C.Cc1c(O)c(O)cc2c1C=CC1[C@@]2(C)CC[C@@]2(C)[C@@H]3C[C@](C)(CN4CCCC4)CC[C@]3(C)CC[C@]12C. The van der Waals surface area contributed by atoms with Crippen molar-refractivity contribution in [2.75, 3.05) is 32.7 Å². The number of fused-ring (bicyclic) bond motifs is 14. The third kappa shape index (κ3) is 7.15. The van der Waals surface area contributed by atoms with Crippen molar-refractivity contribution in [1.29, 1.82) is 0 Å². The average molecular weight is 995 g/mol. The van der Waals surface area contributed by atoms with Gasteiger partial charge in [0.1, 0.15) is 0 Å². The molecule has 8 fully saturated rings. The summed E-state index contributed by atoms with van der Waals surface area (Å²) in [4.78, 5) is 31.4. The molecule has 2 heterocycles. The van der Waals surface area contributed by atoms with Gasteiger partial charge in [0.05, 0.1) is 0 Å². The molecule has 12 rings (SSSR count). The van der Waals surface area contributed by atoms with Gasteiger partial charge in [-0.2, -0.15) is 0 Å². The Bertz CT molecular complexity index is 2680. The summed E-state index contributed by atoms with van der Waals surface area (Å²) in [6, 6.07) is 1.89. The Kier molecular flexibility index (Phi) is 11.8. The molecule has 3 N–H and O–H groups in total. The van der Waals surface area contributed by atoms with Gasteiger partial charge < -0.3 is 25.1 Å². The second-order valence-electron chi connectivity index (χ2n) is 29.7. The molecule has 7 heteroatoms. The molecule has 398 valence electrons. The van der Waals surface area contributed by atoms with Crippen LogP contribution in [0.2, 0.25) is 0 Å². The van der Waals surface area contributed by atoms with Crippen LogP contribution in [-0.4, -0.2) is 69.5 Å². The molecule has 6 saturated carbocycles. The first-order valence-electron chi connectivity index (χ1n) is 29.5. The molecule has 0 spiro atoms. The Morgan fingerprint density at radius 1 is 0.671 bits per heavy atom. The Hall–Kier alpha value is -3.58. The van der Waals surface area contributed by atoms with Crippen molar-refractivity contribution < 1.29 is 24.9 Å². The molecule has 0 bridgehead atoms. The molecule has 13 atom stereocenters. The maximum Gasteiger partial charge on any atom is 0.228 e. The van der Waals surface area contributed by atoms with Crippen LogP contribution in [0.3, 0.4) is 0 Å². The van der Waals surface area contributed by atoms with E-state index in [9.17, 15) is 24.9 Å². The molecule has 7 nitrogen and oxygen atoms in total. The number of benzene rings is 1. The summed E-state index contributed by atoms with van der Waals surface area (Å²) in [6.45, 7) is 34.8. The first-order valence-corrected chi connectivity index (χ1v) is 29.5. The topological polar surface area (TPSA) is 101 Å². The molecule has 1 unspecified atom stereocenters. The van der Waals surface area contributed by atoms with Gasteiger partial charge in [0.15, 0.2) is 17.3 Å². The number of rotatable bonds is 3. The second kappa shape index (κ2) is 16.7. The van der Waals surface area contributed by atoms with Crippen LogP contribution in [-0.2, 0) is 15.0 Å². The predicted octanol–water partition coefficient (Wildman–Crippen LogP) is 15.1. The van der Waals surface area contributed by atoms with Crippen molar-refractivity contribution in [2.24, 2.45) is 66.5 Å². The van der Waals surface area contributed by atoms with Crippen LogP contribution in [0.25, 0.3) is 6.08 Å². The predicted molar refractivity (Wildman–Crippen MR) is 295 cm³/mol. The number of carbonyl (C=O) groups is 2. The second-order valence-corrected chi connectivity index (χ2v) is 29.7. The van der Waals surface area contributed by atoms with Gasteiger partial charge in [-0.1, -0.05) is 99.1 Å². The minimum atomic E-state index is -0.262. The molecule has 1 aromatic rings. The molecule has 2 aliphatic heterocycles. The number of ketones is 1. The quantitative estimate of drug-likeness (QED) is 0.261. The van der Waals surface area contributed by atoms with Crippen LogP contribution >= 0.6 is 0 Å². The van der Waals surface area contributed by atoms with E-state index in [-0.39, 0.29) is 60.9 Å². The number of amides is 1. The van der Waals surface area contributed by atoms with Crippen LogP contribution in [0.4, 0.5) is 0 Å². The minimum absolute atomic E-state index is 0.00213. The standard InChI is InChI=1S/C33H45NO3.C33H49NO2/c1-21-22-9-10-25-31(4,23(22)19-24(35)27(21)36)14-16-33(6)26-20-30(3,28(37)34-17-7-8-18-34)12-11-29(26,2)13-15-32(25,33)5;1-22-23-9-10-26-31(4,24(23)19-25(35)28(22)36)14-16-33(6)27-20-29(2,21-34-17-7-8-18-34)11-12-30(27,3)13-15-32(26,33)5/h9-10,19,26,36H,7-8,11-18,20H2,1-6H3;9-10,19,26-27,35-36H,7-8,11-18,20-21H2,1-6H3/t26-,29-,30-,31+,32-,33+;26?,27-,29-,30-,31+,32-,33+/m11/s1. The molecular weight excluding hydrogens is 901 g/mol. The van der Waals surface area contributed by atoms with E-state index in [2.05, 4.69) is 103 Å². The number of nitrogens with zero attached hydrogens (tertiary/aromatic N) is 2. The monoisotopic (exact) mass is 995 g/mol. The lowest BCUT2D eigenvalue weighted by Gasteiger charge is -2.71. The van der Waals surface area contributed by atoms with Gasteiger partial charge in [0, 0.05) is 47.0 Å². The van der Waals surface area contributed by atoms with Gasteiger partial charge in [-0.15, -0.1) is 0 Å². The first kappa shape index (κ1) is 51.5. The lowest BCUT2D eigenvalue weighted by Crippen LogP contribution is -2.65. The number of hydrogen-bond acceptors (Lipinski definition) is 6. The fourth-order valence-corrected chi connectivity index (χ4v) is 20.5. The van der Waals surface area contributed by atoms with Crippen LogP contribution in [0, 0.1) is 73.4 Å². The maximum atomic E-state index is 13.8. The van der Waals surface area contributed by atoms with E-state index < -0.39 is 0 Å². The fraction of sp³-hybridized carbons (Fsp3) is 0.727. The lowest BCUT2D eigenvalue weighted by atomic mass is 9.33. The van der Waals surface area contributed by atoms with E-state index >= 15 is 0 Å². The number of carbonyl (C=O) groups excluding carboxylic acids is 2. The van der Waals surface area contributed by atoms with Crippen LogP contribution in [0.1, 0.15) is 208 Å². The summed E-state index contributed by atoms with van der Waals surface area (Å²) in [5.74, 6) is 1.83. The van der Waals surface area contributed by atoms with Crippen molar-refractivity contribution >= 4 is 17.8 Å². The van der Waals surface area contributed by atoms with Crippen LogP contribution < -0.4 is 0 Å². The van der Waals surface area contributed by atoms with Crippen molar-refractivity contribution in [2.45, 2.75) is 204 Å². The normalized spacial score (nSPS) is 45.6. The number of phenols is 2. The van der Waals surface area contributed by atoms with Crippen molar-refractivity contribution in [3.8, 4) is 11.5 Å². The smallest absolute Gasteiger partial charge is 0.228 e. The van der Waals surface area contributed by atoms with Crippen molar-refractivity contribution in [3.63, 3.8) is 0 Å². The molecule has 1 amide bonds. The number of phenolic OH excluding ortho intramolecular Hbond substituents is 2. The number of aliphatic hydroxyl groups excluding tert-OH is 1. The Morgan fingerprint density at radius 2 is 1.27 bits per heavy atom. The van der Waals surface area contributed by atoms with E-state index in [1.165, 1.54) is 88.6 Å². The molecule has 1 aromatic carbocycles. The number of likely N-dealkylation sites (tertiary alicyclic amines) is 2. The van der Waals surface area contributed by atoms with E-state index in [4.69, 9.17) is 0 Å². The van der Waals surface area contributed by atoms with E-state index in [0.29, 0.717) is 39.6 Å². The largest absolute Gasteiger partial charge is 0.504 e. The summed E-state index contributed by atoms with van der Waals surface area (Å²) in [7, 11) is 0. The van der Waals surface area contributed by atoms with E-state index in [1.807, 2.05) is 19.9 Å². The number of allylic oxidation sites excluding steroid dienone is 8. The van der Waals surface area contributed by atoms with Gasteiger partial charge in [-0.3, -0.25) is 9.59 Å². The molecule has 2 saturated heterocycles. The highest BCUT2D eigenvalue weighted by Crippen LogP contribution is 2.77. The average Bonchev–Trinajstić information content (AvgIpc) is 4.09. The summed E-state index contributed by atoms with van der Waals surface area (Å²) in [5, 5.41) is 31.4. The van der Waals surface area contributed by atoms with Gasteiger partial charge in [-0.25, -0.2) is 0 Å². The number of aromatic hydroxyl groups is 2. The van der Waals surface area contributed by atoms with Gasteiger partial charge >= 0.3 is 0 Å². The summed E-state index contributed by atoms with van der Waals surface area (Å²) in [6.07, 6.45) is 32.9. The van der Waals surface area contributed by atoms with Gasteiger partial charge in [0.2, 0.25) is 11.7 Å². The van der Waals surface area contributed by atoms with Gasteiger partial charge in [-0.05, 0) is 233 Å². The fourth-order valence-electron chi connectivity index (χ4n) is 20.5. The molecule has 9 aliphatic carbocycles. The van der Waals surface area contributed by atoms with Crippen molar-refractivity contribution in [1.82, 2.24) is 9.80 Å². The van der Waals surface area contributed by atoms with Crippen LogP contribution in [0.5, 0.6) is 11.5 Å². The Labute approximate surface area is 440 Å². The summed E-state index contributed by atoms with van der Waals surface area (Å²) in [5.41, 5.74) is 8.83. The zero-order valence-corrected chi connectivity index (χ0v) is 47.5. The molecular formula is C66H94N2O5. The first-order chi connectivity index (χ1) is 34.1. The third-order valence-corrected chi connectivity index (χ3v) is 25.9. The molecule has 11 aliphatic rings. The Balaban J connectivity index is 0.000000157. The van der Waals surface area contributed by atoms with Crippen LogP contribution in [0.15, 0.2) is 58.4 Å². The van der Waals surface area contributed by atoms with Gasteiger partial charge in [0.25, 0.3) is 0 Å².